The normalized spacial score (nSPS) is 15.8. The first kappa shape index (κ1) is 17.8. The van der Waals surface area contributed by atoms with E-state index in [4.69, 9.17) is 14.2 Å². The third-order valence-electron chi connectivity index (χ3n) is 4.56. The van der Waals surface area contributed by atoms with Gasteiger partial charge < -0.3 is 19.1 Å². The lowest BCUT2D eigenvalue weighted by Crippen LogP contribution is -2.55. The van der Waals surface area contributed by atoms with E-state index in [1.165, 1.54) is 19.1 Å². The number of esters is 1. The molecule has 3 rings (SSSR count). The minimum absolute atomic E-state index is 0.232. The Morgan fingerprint density at radius 2 is 1.77 bits per heavy atom. The lowest BCUT2D eigenvalue weighted by atomic mass is 9.97. The number of nitrogens with zero attached hydrogens (tertiary/aromatic N) is 1. The van der Waals surface area contributed by atoms with Gasteiger partial charge in [-0.25, -0.2) is 4.79 Å². The fraction of sp³-hybridized carbons (Fsp3) is 0.300. The van der Waals surface area contributed by atoms with E-state index in [-0.39, 0.29) is 5.91 Å². The number of benzene rings is 2. The van der Waals surface area contributed by atoms with Crippen molar-refractivity contribution in [2.75, 3.05) is 27.9 Å². The molecule has 6 heteroatoms. The van der Waals surface area contributed by atoms with Gasteiger partial charge in [-0.2, -0.15) is 0 Å². The second-order valence-corrected chi connectivity index (χ2v) is 5.95. The molecule has 1 fully saturated rings. The highest BCUT2D eigenvalue weighted by molar-refractivity contribution is 6.00. The highest BCUT2D eigenvalue weighted by atomic mass is 16.5. The maximum absolute atomic E-state index is 12.9. The van der Waals surface area contributed by atoms with Gasteiger partial charge in [-0.05, 0) is 24.1 Å². The average Bonchev–Trinajstić information content (AvgIpc) is 2.66. The molecule has 0 aliphatic carbocycles. The summed E-state index contributed by atoms with van der Waals surface area (Å²) >= 11 is 0. The standard InChI is InChI=1S/C20H21NO5/c1-24-17-12-14(19(22)21-10-9-16(21)20(23)26-3)11-15(18(17)25-2)13-7-5-4-6-8-13/h4-8,11-12,16H,9-10H2,1-3H3/t16-/m1/s1. The Bertz CT molecular complexity index is 818. The van der Waals surface area contributed by atoms with Gasteiger partial charge in [0.1, 0.15) is 6.04 Å². The molecule has 136 valence electrons. The average molecular weight is 355 g/mol. The molecule has 6 nitrogen and oxygen atoms in total. The number of amides is 1. The summed E-state index contributed by atoms with van der Waals surface area (Å²) in [6.45, 7) is 0.521. The minimum Gasteiger partial charge on any atom is -0.493 e. The van der Waals surface area contributed by atoms with E-state index in [2.05, 4.69) is 0 Å². The highest BCUT2D eigenvalue weighted by Crippen LogP contribution is 2.40. The molecule has 0 bridgehead atoms. The number of carbonyl (C=O) groups excluding carboxylic acids is 2. The number of hydrogen-bond acceptors (Lipinski definition) is 5. The maximum Gasteiger partial charge on any atom is 0.328 e. The van der Waals surface area contributed by atoms with Crippen LogP contribution in [-0.2, 0) is 9.53 Å². The van der Waals surface area contributed by atoms with Gasteiger partial charge in [-0.3, -0.25) is 4.79 Å². The summed E-state index contributed by atoms with van der Waals surface area (Å²) in [6.07, 6.45) is 0.608. The molecule has 1 aliphatic rings. The Hall–Kier alpha value is -3.02. The van der Waals surface area contributed by atoms with E-state index in [0.29, 0.717) is 30.0 Å². The van der Waals surface area contributed by atoms with Crippen LogP contribution in [0.3, 0.4) is 0 Å². The Balaban J connectivity index is 2.03. The summed E-state index contributed by atoms with van der Waals surface area (Å²) in [4.78, 5) is 26.2. The third-order valence-corrected chi connectivity index (χ3v) is 4.56. The Kier molecular flexibility index (Phi) is 5.11. The number of likely N-dealkylation sites (tertiary alicyclic amines) is 1. The van der Waals surface area contributed by atoms with Crippen molar-refractivity contribution in [1.82, 2.24) is 4.90 Å². The van der Waals surface area contributed by atoms with Gasteiger partial charge >= 0.3 is 5.97 Å². The van der Waals surface area contributed by atoms with Crippen LogP contribution in [0.1, 0.15) is 16.8 Å². The molecule has 2 aromatic rings. The fourth-order valence-electron chi connectivity index (χ4n) is 3.10. The quantitative estimate of drug-likeness (QED) is 0.772. The zero-order valence-corrected chi connectivity index (χ0v) is 15.0. The lowest BCUT2D eigenvalue weighted by molar-refractivity contribution is -0.149. The van der Waals surface area contributed by atoms with Gasteiger partial charge in [0.2, 0.25) is 0 Å². The first-order chi connectivity index (χ1) is 12.6. The van der Waals surface area contributed by atoms with Crippen molar-refractivity contribution >= 4 is 11.9 Å². The van der Waals surface area contributed by atoms with Gasteiger partial charge in [0, 0.05) is 17.7 Å². The molecule has 2 aromatic carbocycles. The summed E-state index contributed by atoms with van der Waals surface area (Å²) in [5, 5.41) is 0. The minimum atomic E-state index is -0.527. The first-order valence-electron chi connectivity index (χ1n) is 8.31. The summed E-state index contributed by atoms with van der Waals surface area (Å²) in [6, 6.07) is 12.5. The van der Waals surface area contributed by atoms with Crippen LogP contribution in [0.5, 0.6) is 11.5 Å². The van der Waals surface area contributed by atoms with Gasteiger partial charge in [0.15, 0.2) is 11.5 Å². The van der Waals surface area contributed by atoms with Crippen molar-refractivity contribution in [3.63, 3.8) is 0 Å². The van der Waals surface area contributed by atoms with Crippen LogP contribution in [0.4, 0.5) is 0 Å². The van der Waals surface area contributed by atoms with Crippen LogP contribution in [0, 0.1) is 0 Å². The van der Waals surface area contributed by atoms with Crippen molar-refractivity contribution in [1.29, 1.82) is 0 Å². The molecule has 0 radical (unpaired) electrons. The van der Waals surface area contributed by atoms with E-state index in [1.54, 1.807) is 19.2 Å². The molecule has 0 aromatic heterocycles. The van der Waals surface area contributed by atoms with Crippen molar-refractivity contribution in [2.24, 2.45) is 0 Å². The molecule has 0 spiro atoms. The van der Waals surface area contributed by atoms with Gasteiger partial charge in [0.05, 0.1) is 21.3 Å². The molecule has 0 saturated carbocycles. The molecule has 1 saturated heterocycles. The zero-order chi connectivity index (χ0) is 18.7. The fourth-order valence-corrected chi connectivity index (χ4v) is 3.10. The van der Waals surface area contributed by atoms with E-state index >= 15 is 0 Å². The number of rotatable bonds is 5. The number of carbonyl (C=O) groups is 2. The zero-order valence-electron chi connectivity index (χ0n) is 15.0. The predicted molar refractivity (Wildman–Crippen MR) is 96.4 cm³/mol. The van der Waals surface area contributed by atoms with E-state index in [9.17, 15) is 9.59 Å². The summed E-state index contributed by atoms with van der Waals surface area (Å²) in [7, 11) is 4.42. The van der Waals surface area contributed by atoms with Crippen LogP contribution in [0.2, 0.25) is 0 Å². The molecule has 1 atom stereocenters. The van der Waals surface area contributed by atoms with Crippen molar-refractivity contribution in [3.8, 4) is 22.6 Å². The SMILES string of the molecule is COC(=O)[C@H]1CCN1C(=O)c1cc(OC)c(OC)c(-c2ccccc2)c1. The van der Waals surface area contributed by atoms with Crippen LogP contribution in [0.25, 0.3) is 11.1 Å². The summed E-state index contributed by atoms with van der Waals surface area (Å²) in [5.41, 5.74) is 2.10. The smallest absolute Gasteiger partial charge is 0.328 e. The number of methoxy groups -OCH3 is 3. The monoisotopic (exact) mass is 355 g/mol. The molecule has 0 unspecified atom stereocenters. The van der Waals surface area contributed by atoms with Crippen LogP contribution in [0.15, 0.2) is 42.5 Å². The van der Waals surface area contributed by atoms with Crippen molar-refractivity contribution in [2.45, 2.75) is 12.5 Å². The van der Waals surface area contributed by atoms with E-state index in [1.807, 2.05) is 30.3 Å². The van der Waals surface area contributed by atoms with Crippen molar-refractivity contribution < 1.29 is 23.8 Å². The summed E-state index contributed by atoms with van der Waals surface area (Å²) < 4.78 is 15.7. The topological polar surface area (TPSA) is 65.1 Å². The predicted octanol–water partition coefficient (Wildman–Crippen LogP) is 2.76. The molecule has 0 N–H and O–H groups in total. The van der Waals surface area contributed by atoms with Gasteiger partial charge in [0.25, 0.3) is 5.91 Å². The second-order valence-electron chi connectivity index (χ2n) is 5.95. The van der Waals surface area contributed by atoms with Crippen LogP contribution in [-0.4, -0.2) is 50.7 Å². The Morgan fingerprint density at radius 1 is 1.04 bits per heavy atom. The van der Waals surface area contributed by atoms with Crippen LogP contribution < -0.4 is 9.47 Å². The second kappa shape index (κ2) is 7.47. The number of hydrogen-bond donors (Lipinski definition) is 0. The van der Waals surface area contributed by atoms with E-state index < -0.39 is 12.0 Å². The van der Waals surface area contributed by atoms with Crippen LogP contribution >= 0.6 is 0 Å². The molecule has 1 aliphatic heterocycles. The highest BCUT2D eigenvalue weighted by Gasteiger charge is 2.39. The molecule has 1 heterocycles. The molecule has 26 heavy (non-hydrogen) atoms. The molecule has 1 amide bonds. The maximum atomic E-state index is 12.9. The largest absolute Gasteiger partial charge is 0.493 e. The van der Waals surface area contributed by atoms with Crippen molar-refractivity contribution in [3.05, 3.63) is 48.0 Å². The first-order valence-corrected chi connectivity index (χ1v) is 8.31. The molecular formula is C20H21NO5. The van der Waals surface area contributed by atoms with Gasteiger partial charge in [-0.15, -0.1) is 0 Å². The number of ether oxygens (including phenoxy) is 3. The van der Waals surface area contributed by atoms with Gasteiger partial charge in [-0.1, -0.05) is 30.3 Å². The molecular weight excluding hydrogens is 334 g/mol. The Labute approximate surface area is 152 Å². The van der Waals surface area contributed by atoms with E-state index in [0.717, 1.165) is 11.1 Å². The lowest BCUT2D eigenvalue weighted by Gasteiger charge is -2.38. The third kappa shape index (κ3) is 3.10. The summed E-state index contributed by atoms with van der Waals surface area (Å²) in [5.74, 6) is 0.397. The Morgan fingerprint density at radius 3 is 2.31 bits per heavy atom.